The molecule has 1 aromatic heterocycles. The Morgan fingerprint density at radius 1 is 1.23 bits per heavy atom. The summed E-state index contributed by atoms with van der Waals surface area (Å²) >= 11 is 0. The van der Waals surface area contributed by atoms with Crippen molar-refractivity contribution in [3.8, 4) is 5.88 Å². The van der Waals surface area contributed by atoms with Gasteiger partial charge in [0, 0.05) is 6.20 Å². The van der Waals surface area contributed by atoms with Gasteiger partial charge in [-0.25, -0.2) is 9.78 Å². The Hall–Kier alpha value is -2.89. The average Bonchev–Trinajstić information content (AvgIpc) is 2.67. The summed E-state index contributed by atoms with van der Waals surface area (Å²) in [6, 6.07) is 11.3. The summed E-state index contributed by atoms with van der Waals surface area (Å²) in [6.45, 7) is 1.86. The van der Waals surface area contributed by atoms with Gasteiger partial charge in [-0.1, -0.05) is 24.3 Å². The Kier molecular flexibility index (Phi) is 5.84. The van der Waals surface area contributed by atoms with Crippen molar-refractivity contribution in [1.29, 1.82) is 0 Å². The third-order valence-corrected chi connectivity index (χ3v) is 4.31. The molecule has 0 fully saturated rings. The number of aromatic nitrogens is 1. The fourth-order valence-electron chi connectivity index (χ4n) is 3.15. The normalized spacial score (nSPS) is 15.7. The number of fused-ring (bicyclic) bond motifs is 1. The second-order valence-electron chi connectivity index (χ2n) is 6.08. The monoisotopic (exact) mass is 354 g/mol. The van der Waals surface area contributed by atoms with Gasteiger partial charge in [-0.2, -0.15) is 0 Å². The third-order valence-electron chi connectivity index (χ3n) is 4.31. The lowest BCUT2D eigenvalue weighted by Gasteiger charge is -2.26. The van der Waals surface area contributed by atoms with E-state index in [9.17, 15) is 9.59 Å². The highest BCUT2D eigenvalue weighted by atomic mass is 16.5. The zero-order chi connectivity index (χ0) is 18.4. The molecule has 0 bridgehead atoms. The lowest BCUT2D eigenvalue weighted by Crippen LogP contribution is -2.34. The van der Waals surface area contributed by atoms with E-state index < -0.39 is 5.97 Å². The van der Waals surface area contributed by atoms with Crippen LogP contribution in [0.4, 0.5) is 0 Å². The maximum Gasteiger partial charge on any atom is 0.344 e. The molecule has 1 atom stereocenters. The molecule has 0 radical (unpaired) electrons. The van der Waals surface area contributed by atoms with Gasteiger partial charge in [0.15, 0.2) is 6.61 Å². The van der Waals surface area contributed by atoms with Crippen molar-refractivity contribution in [2.75, 3.05) is 13.2 Å². The van der Waals surface area contributed by atoms with Crippen molar-refractivity contribution in [3.05, 3.63) is 59.3 Å². The lowest BCUT2D eigenvalue weighted by molar-refractivity contribution is -0.125. The zero-order valence-electron chi connectivity index (χ0n) is 14.7. The molecule has 1 heterocycles. The number of carbonyl (C=O) groups excluding carboxylic acids is 2. The molecule has 0 saturated carbocycles. The molecule has 1 aliphatic carbocycles. The van der Waals surface area contributed by atoms with Crippen LogP contribution in [0.1, 0.15) is 47.3 Å². The summed E-state index contributed by atoms with van der Waals surface area (Å²) in [7, 11) is 0. The first kappa shape index (κ1) is 17.9. The van der Waals surface area contributed by atoms with Crippen LogP contribution in [-0.4, -0.2) is 30.1 Å². The van der Waals surface area contributed by atoms with Crippen LogP contribution >= 0.6 is 0 Å². The molecular formula is C20H22N2O4. The van der Waals surface area contributed by atoms with Gasteiger partial charge in [0.2, 0.25) is 5.88 Å². The van der Waals surface area contributed by atoms with Crippen molar-refractivity contribution in [2.45, 2.75) is 32.2 Å². The fourth-order valence-corrected chi connectivity index (χ4v) is 3.15. The van der Waals surface area contributed by atoms with Crippen LogP contribution in [0.3, 0.4) is 0 Å². The Morgan fingerprint density at radius 3 is 2.92 bits per heavy atom. The molecule has 3 rings (SSSR count). The highest BCUT2D eigenvalue weighted by Gasteiger charge is 2.22. The number of nitrogens with one attached hydrogen (secondary N) is 1. The van der Waals surface area contributed by atoms with Gasteiger partial charge in [0.1, 0.15) is 5.56 Å². The summed E-state index contributed by atoms with van der Waals surface area (Å²) in [5.41, 5.74) is 2.62. The quantitative estimate of drug-likeness (QED) is 0.807. The molecular weight excluding hydrogens is 332 g/mol. The lowest BCUT2D eigenvalue weighted by atomic mass is 9.88. The van der Waals surface area contributed by atoms with Gasteiger partial charge < -0.3 is 14.8 Å². The molecule has 6 heteroatoms. The number of aryl methyl sites for hydroxylation is 1. The third kappa shape index (κ3) is 4.20. The summed E-state index contributed by atoms with van der Waals surface area (Å²) in [4.78, 5) is 28.5. The molecule has 1 amide bonds. The second kappa shape index (κ2) is 8.47. The van der Waals surface area contributed by atoms with Gasteiger partial charge in [-0.05, 0) is 49.4 Å². The van der Waals surface area contributed by atoms with E-state index in [4.69, 9.17) is 9.47 Å². The van der Waals surface area contributed by atoms with Gasteiger partial charge in [-0.15, -0.1) is 0 Å². The van der Waals surface area contributed by atoms with Crippen LogP contribution in [0.2, 0.25) is 0 Å². The topological polar surface area (TPSA) is 77.5 Å². The van der Waals surface area contributed by atoms with Crippen molar-refractivity contribution >= 4 is 11.9 Å². The van der Waals surface area contributed by atoms with Crippen molar-refractivity contribution in [2.24, 2.45) is 0 Å². The summed E-state index contributed by atoms with van der Waals surface area (Å²) in [6.07, 6.45) is 4.47. The SMILES string of the molecule is CCOc1ncccc1C(=O)OCC(=O)NC1CCCc2ccccc21. The molecule has 1 N–H and O–H groups in total. The standard InChI is InChI=1S/C20H22N2O4/c1-2-25-19-16(10-6-12-21-19)20(24)26-13-18(23)22-17-11-5-8-14-7-3-4-9-15(14)17/h3-4,6-7,9-10,12,17H,2,5,8,11,13H2,1H3,(H,22,23). The zero-order valence-corrected chi connectivity index (χ0v) is 14.7. The van der Waals surface area contributed by atoms with Crippen molar-refractivity contribution in [1.82, 2.24) is 10.3 Å². The first-order valence-electron chi connectivity index (χ1n) is 8.81. The smallest absolute Gasteiger partial charge is 0.344 e. The fraction of sp³-hybridized carbons (Fsp3) is 0.350. The molecule has 0 aliphatic heterocycles. The largest absolute Gasteiger partial charge is 0.477 e. The Balaban J connectivity index is 1.58. The van der Waals surface area contributed by atoms with Crippen molar-refractivity contribution in [3.63, 3.8) is 0 Å². The van der Waals surface area contributed by atoms with Crippen LogP contribution < -0.4 is 10.1 Å². The molecule has 6 nitrogen and oxygen atoms in total. The van der Waals surface area contributed by atoms with Crippen LogP contribution in [0.5, 0.6) is 5.88 Å². The molecule has 1 aromatic carbocycles. The highest BCUT2D eigenvalue weighted by Crippen LogP contribution is 2.29. The van der Waals surface area contributed by atoms with Gasteiger partial charge in [0.25, 0.3) is 5.91 Å². The highest BCUT2D eigenvalue weighted by molar-refractivity contribution is 5.93. The van der Waals surface area contributed by atoms with Gasteiger partial charge in [-0.3, -0.25) is 4.79 Å². The minimum Gasteiger partial charge on any atom is -0.477 e. The minimum absolute atomic E-state index is 0.0384. The van der Waals surface area contributed by atoms with E-state index in [0.717, 1.165) is 24.8 Å². The van der Waals surface area contributed by atoms with Crippen LogP contribution in [0.15, 0.2) is 42.6 Å². The predicted octanol–water partition coefficient (Wildman–Crippen LogP) is 2.83. The number of ether oxygens (including phenoxy) is 2. The Labute approximate surface area is 152 Å². The van der Waals surface area contributed by atoms with Crippen LogP contribution in [-0.2, 0) is 16.0 Å². The first-order valence-corrected chi connectivity index (χ1v) is 8.81. The molecule has 136 valence electrons. The Morgan fingerprint density at radius 2 is 2.08 bits per heavy atom. The molecule has 2 aromatic rings. The summed E-state index contributed by atoms with van der Waals surface area (Å²) in [5.74, 6) is -0.732. The van der Waals surface area contributed by atoms with E-state index in [-0.39, 0.29) is 30.0 Å². The van der Waals surface area contributed by atoms with Crippen molar-refractivity contribution < 1.29 is 19.1 Å². The number of rotatable bonds is 6. The van der Waals surface area contributed by atoms with E-state index in [1.54, 1.807) is 19.1 Å². The predicted molar refractivity (Wildman–Crippen MR) is 96.0 cm³/mol. The summed E-state index contributed by atoms with van der Waals surface area (Å²) in [5, 5.41) is 2.96. The summed E-state index contributed by atoms with van der Waals surface area (Å²) < 4.78 is 10.4. The number of carbonyl (C=O) groups is 2. The van der Waals surface area contributed by atoms with Crippen LogP contribution in [0, 0.1) is 0 Å². The number of hydrogen-bond donors (Lipinski definition) is 1. The maximum atomic E-state index is 12.2. The van der Waals surface area contributed by atoms with Crippen LogP contribution in [0.25, 0.3) is 0 Å². The maximum absolute atomic E-state index is 12.2. The number of hydrogen-bond acceptors (Lipinski definition) is 5. The van der Waals surface area contributed by atoms with E-state index in [1.165, 1.54) is 11.8 Å². The number of pyridine rings is 1. The van der Waals surface area contributed by atoms with E-state index >= 15 is 0 Å². The number of esters is 1. The van der Waals surface area contributed by atoms with E-state index in [0.29, 0.717) is 6.61 Å². The molecule has 1 unspecified atom stereocenters. The Bertz CT molecular complexity index is 791. The number of amides is 1. The van der Waals surface area contributed by atoms with E-state index in [1.807, 2.05) is 18.2 Å². The molecule has 26 heavy (non-hydrogen) atoms. The number of nitrogens with zero attached hydrogens (tertiary/aromatic N) is 1. The van der Waals surface area contributed by atoms with E-state index in [2.05, 4.69) is 16.4 Å². The van der Waals surface area contributed by atoms with Gasteiger partial charge in [0.05, 0.1) is 12.6 Å². The average molecular weight is 354 g/mol. The second-order valence-corrected chi connectivity index (χ2v) is 6.08. The molecule has 0 saturated heterocycles. The molecule has 1 aliphatic rings. The minimum atomic E-state index is -0.624. The first-order chi connectivity index (χ1) is 12.7. The van der Waals surface area contributed by atoms with Gasteiger partial charge >= 0.3 is 5.97 Å². The molecule has 0 spiro atoms. The number of benzene rings is 1.